The Kier molecular flexibility index (Phi) is 20.8. The third-order valence-corrected chi connectivity index (χ3v) is 8.44. The van der Waals surface area contributed by atoms with Gasteiger partial charge in [-0.3, -0.25) is 28.8 Å². The first kappa shape index (κ1) is 45.0. The summed E-state index contributed by atoms with van der Waals surface area (Å²) in [7, 11) is 2.39. The van der Waals surface area contributed by atoms with Gasteiger partial charge in [0.25, 0.3) is 5.91 Å². The minimum atomic E-state index is -0.996. The first-order chi connectivity index (χ1) is 25.8. The van der Waals surface area contributed by atoms with Crippen LogP contribution in [0.3, 0.4) is 0 Å². The van der Waals surface area contributed by atoms with Gasteiger partial charge in [0.2, 0.25) is 29.5 Å². The molecule has 0 unspecified atom stereocenters. The lowest BCUT2D eigenvalue weighted by Crippen LogP contribution is -2.49. The zero-order valence-electron chi connectivity index (χ0n) is 31.3. The summed E-state index contributed by atoms with van der Waals surface area (Å²) < 4.78 is 9.13. The second-order valence-corrected chi connectivity index (χ2v) is 13.2. The van der Waals surface area contributed by atoms with Gasteiger partial charge in [0.1, 0.15) is 19.1 Å². The molecular formula is C34H58N10O10. The molecule has 20 nitrogen and oxygen atoms in total. The molecule has 2 atom stereocenters. The molecule has 2 fully saturated rings. The molecule has 0 aromatic rings. The van der Waals surface area contributed by atoms with E-state index in [2.05, 4.69) is 46.7 Å². The van der Waals surface area contributed by atoms with Crippen molar-refractivity contribution >= 4 is 47.6 Å². The Balaban J connectivity index is 1.92. The minimum absolute atomic E-state index is 0.140. The van der Waals surface area contributed by atoms with Crippen molar-refractivity contribution in [2.75, 3.05) is 53.5 Å². The normalized spacial score (nSPS) is 14.7. The summed E-state index contributed by atoms with van der Waals surface area (Å²) >= 11 is 0. The molecule has 0 aliphatic heterocycles. The van der Waals surface area contributed by atoms with Crippen LogP contribution in [0.5, 0.6) is 0 Å². The van der Waals surface area contributed by atoms with Crippen LogP contribution >= 0.6 is 0 Å². The molecule has 2 aliphatic carbocycles. The zero-order valence-corrected chi connectivity index (χ0v) is 31.3. The molecule has 304 valence electrons. The summed E-state index contributed by atoms with van der Waals surface area (Å²) in [6, 6.07) is -0.906. The molecule has 0 spiro atoms. The second-order valence-electron chi connectivity index (χ2n) is 13.2. The number of amides is 8. The number of carbonyl (C=O) groups is 8. The molecule has 0 heterocycles. The molecule has 20 heteroatoms. The van der Waals surface area contributed by atoms with Crippen molar-refractivity contribution in [2.24, 2.45) is 11.5 Å². The van der Waals surface area contributed by atoms with Crippen LogP contribution in [0.1, 0.15) is 77.0 Å². The van der Waals surface area contributed by atoms with Gasteiger partial charge >= 0.3 is 12.2 Å². The average molecular weight is 767 g/mol. The summed E-state index contributed by atoms with van der Waals surface area (Å²) in [4.78, 5) is 99.5. The Morgan fingerprint density at radius 3 is 1.83 bits per heavy atom. The van der Waals surface area contributed by atoms with Gasteiger partial charge in [-0.2, -0.15) is 0 Å². The minimum Gasteiger partial charge on any atom is -0.453 e. The van der Waals surface area contributed by atoms with Crippen LogP contribution in [0.25, 0.3) is 0 Å². The Morgan fingerprint density at radius 2 is 1.28 bits per heavy atom. The highest BCUT2D eigenvalue weighted by molar-refractivity contribution is 5.91. The van der Waals surface area contributed by atoms with Crippen LogP contribution in [0.15, 0.2) is 11.8 Å². The van der Waals surface area contributed by atoms with Crippen LogP contribution in [-0.2, 0) is 38.2 Å². The first-order valence-electron chi connectivity index (χ1n) is 18.4. The molecule has 54 heavy (non-hydrogen) atoms. The number of nitrogens with two attached hydrogens (primary N) is 2. The molecule has 2 aliphatic rings. The number of hydrogen-bond donors (Lipinski definition) is 9. The van der Waals surface area contributed by atoms with E-state index in [0.717, 1.165) is 37.7 Å². The summed E-state index contributed by atoms with van der Waals surface area (Å²) in [5.41, 5.74) is 11.2. The molecule has 0 aromatic carbocycles. The van der Waals surface area contributed by atoms with E-state index in [1.807, 2.05) is 0 Å². The highest BCUT2D eigenvalue weighted by Gasteiger charge is 2.27. The topological polar surface area (TPSA) is 295 Å². The predicted octanol–water partition coefficient (Wildman–Crippen LogP) is -1.91. The van der Waals surface area contributed by atoms with Gasteiger partial charge in [0, 0.05) is 44.7 Å². The third kappa shape index (κ3) is 20.2. The van der Waals surface area contributed by atoms with E-state index in [9.17, 15) is 38.4 Å². The standard InChI is InChI=1S/C34H58N10O10/c1-53-33(51)40-17-6-4-9-26(43-34(52)54-2)32(50)39-19-15-29(47)44(21-28(46)38-18-7-10-25(31(36)49)42-23-13-14-23)20-27(45)37-16-5-3-8-24(30(35)48)41-22-11-12-22/h10,22-24,26,41-42H,3-9,11-21H2,1-2H3,(H2,35,48)(H2,36,49)(H,37,45)(H,38,46)(H,39,50)(H,40,51)(H,43,52)/t24-,26-/m0/s1. The number of ether oxygens (including phenoxy) is 2. The van der Waals surface area contributed by atoms with Crippen LogP contribution in [0.2, 0.25) is 0 Å². The van der Waals surface area contributed by atoms with E-state index >= 15 is 0 Å². The second kappa shape index (κ2) is 25.0. The SMILES string of the molecule is COC(=O)NCCCC[C@H](NC(=O)OC)C(=O)NCCC(=O)N(CC(=O)NCCC=C(NC1CC1)C(N)=O)CC(=O)NCCCC[C@H](NC1CC1)C(N)=O. The van der Waals surface area contributed by atoms with E-state index in [-0.39, 0.29) is 44.2 Å². The van der Waals surface area contributed by atoms with Crippen molar-refractivity contribution < 1.29 is 47.8 Å². The molecule has 2 saturated carbocycles. The van der Waals surface area contributed by atoms with E-state index in [1.54, 1.807) is 6.08 Å². The Bertz CT molecular complexity index is 1320. The largest absolute Gasteiger partial charge is 0.453 e. The highest BCUT2D eigenvalue weighted by Crippen LogP contribution is 2.21. The molecule has 0 saturated heterocycles. The fourth-order valence-electron chi connectivity index (χ4n) is 5.12. The lowest BCUT2D eigenvalue weighted by atomic mass is 10.1. The van der Waals surface area contributed by atoms with E-state index < -0.39 is 72.8 Å². The maximum Gasteiger partial charge on any atom is 0.407 e. The number of alkyl carbamates (subject to hydrolysis) is 2. The molecule has 0 radical (unpaired) electrons. The maximum atomic E-state index is 13.3. The van der Waals surface area contributed by atoms with Crippen LogP contribution in [0, 0.1) is 0 Å². The Morgan fingerprint density at radius 1 is 0.704 bits per heavy atom. The van der Waals surface area contributed by atoms with Crippen LogP contribution < -0.4 is 48.7 Å². The quantitative estimate of drug-likeness (QED) is 0.0312. The Labute approximate surface area is 315 Å². The van der Waals surface area contributed by atoms with Crippen molar-refractivity contribution in [3.8, 4) is 0 Å². The van der Waals surface area contributed by atoms with E-state index in [0.29, 0.717) is 51.1 Å². The monoisotopic (exact) mass is 766 g/mol. The van der Waals surface area contributed by atoms with E-state index in [1.165, 1.54) is 7.11 Å². The molecular weight excluding hydrogens is 708 g/mol. The van der Waals surface area contributed by atoms with Gasteiger partial charge in [0.05, 0.1) is 26.0 Å². The van der Waals surface area contributed by atoms with Crippen molar-refractivity contribution in [3.63, 3.8) is 0 Å². The Hall–Kier alpha value is -5.14. The maximum absolute atomic E-state index is 13.3. The smallest absolute Gasteiger partial charge is 0.407 e. The van der Waals surface area contributed by atoms with Gasteiger partial charge in [-0.15, -0.1) is 0 Å². The highest BCUT2D eigenvalue weighted by atomic mass is 16.5. The number of nitrogens with one attached hydrogen (secondary N) is 7. The third-order valence-electron chi connectivity index (χ3n) is 8.44. The number of carbonyl (C=O) groups excluding carboxylic acids is 8. The van der Waals surface area contributed by atoms with Gasteiger partial charge in [-0.1, -0.05) is 6.08 Å². The summed E-state index contributed by atoms with van der Waals surface area (Å²) in [6.45, 7) is -0.342. The fraction of sp³-hybridized carbons (Fsp3) is 0.706. The average Bonchev–Trinajstić information content (AvgIpc) is 4.08. The number of primary amides is 2. The number of hydrogen-bond acceptors (Lipinski definition) is 12. The molecule has 2 rings (SSSR count). The zero-order chi connectivity index (χ0) is 39.9. The summed E-state index contributed by atoms with van der Waals surface area (Å²) in [5, 5.41) is 19.2. The lowest BCUT2D eigenvalue weighted by Gasteiger charge is -2.22. The first-order valence-corrected chi connectivity index (χ1v) is 18.4. The predicted molar refractivity (Wildman–Crippen MR) is 195 cm³/mol. The van der Waals surface area contributed by atoms with Crippen molar-refractivity contribution in [1.82, 2.24) is 42.1 Å². The summed E-state index contributed by atoms with van der Waals surface area (Å²) in [5.74, 6) is -3.25. The van der Waals surface area contributed by atoms with Crippen LogP contribution in [0.4, 0.5) is 9.59 Å². The van der Waals surface area contributed by atoms with Crippen molar-refractivity contribution in [1.29, 1.82) is 0 Å². The van der Waals surface area contributed by atoms with Gasteiger partial charge < -0.3 is 63.1 Å². The lowest BCUT2D eigenvalue weighted by molar-refractivity contribution is -0.139. The number of nitrogens with zero attached hydrogens (tertiary/aromatic N) is 1. The van der Waals surface area contributed by atoms with Gasteiger partial charge in [-0.05, 0) is 70.6 Å². The molecule has 0 aromatic heterocycles. The van der Waals surface area contributed by atoms with Crippen molar-refractivity contribution in [3.05, 3.63) is 11.8 Å². The summed E-state index contributed by atoms with van der Waals surface area (Å²) in [6.07, 6.45) is 6.95. The molecule has 0 bridgehead atoms. The number of unbranched alkanes of at least 4 members (excludes halogenated alkanes) is 2. The van der Waals surface area contributed by atoms with E-state index in [4.69, 9.17) is 11.5 Å². The van der Waals surface area contributed by atoms with Gasteiger partial charge in [-0.25, -0.2) is 9.59 Å². The molecule has 11 N–H and O–H groups in total. The molecule has 8 amide bonds. The van der Waals surface area contributed by atoms with Crippen LogP contribution in [-0.4, -0.2) is 130 Å². The fourth-order valence-corrected chi connectivity index (χ4v) is 5.12. The van der Waals surface area contributed by atoms with Gasteiger partial charge in [0.15, 0.2) is 0 Å². The number of methoxy groups -OCH3 is 2. The van der Waals surface area contributed by atoms with Crippen molar-refractivity contribution in [2.45, 2.75) is 101 Å². The number of rotatable bonds is 28.